The first kappa shape index (κ1) is 34.7. The number of hydrogen-bond donors (Lipinski definition) is 0. The van der Waals surface area contributed by atoms with Crippen LogP contribution in [0.3, 0.4) is 0 Å². The minimum Gasteiger partial charge on any atom is -0.264 e. The normalized spacial score (nSPS) is 12.7. The van der Waals surface area contributed by atoms with Crippen molar-refractivity contribution in [3.05, 3.63) is 212 Å². The summed E-state index contributed by atoms with van der Waals surface area (Å²) in [5.74, 6) is 0.698. The minimum absolute atomic E-state index is 0.0998. The maximum absolute atomic E-state index is 5.26. The van der Waals surface area contributed by atoms with Crippen molar-refractivity contribution in [3.8, 4) is 78.4 Å². The minimum atomic E-state index is -0.0998. The van der Waals surface area contributed by atoms with Crippen LogP contribution in [0.25, 0.3) is 100.0 Å². The van der Waals surface area contributed by atoms with Gasteiger partial charge in [-0.05, 0) is 120 Å². The Morgan fingerprint density at radius 1 is 0.356 bits per heavy atom. The number of aromatic nitrogens is 3. The molecule has 0 amide bonds. The zero-order chi connectivity index (χ0) is 39.5. The maximum atomic E-state index is 5.26. The molecule has 0 bridgehead atoms. The van der Waals surface area contributed by atoms with Gasteiger partial charge >= 0.3 is 0 Å². The zero-order valence-corrected chi connectivity index (χ0v) is 32.9. The van der Waals surface area contributed by atoms with Gasteiger partial charge in [-0.1, -0.05) is 159 Å². The molecule has 0 unspecified atom stereocenters. The molecule has 0 saturated heterocycles. The lowest BCUT2D eigenvalue weighted by molar-refractivity contribution is 0.661. The van der Waals surface area contributed by atoms with E-state index in [0.29, 0.717) is 5.82 Å². The lowest BCUT2D eigenvalue weighted by atomic mass is 9.81. The first-order valence-corrected chi connectivity index (χ1v) is 20.2. The molecule has 0 radical (unpaired) electrons. The summed E-state index contributed by atoms with van der Waals surface area (Å²) >= 11 is 0. The van der Waals surface area contributed by atoms with E-state index in [2.05, 4.69) is 195 Å². The maximum Gasteiger partial charge on any atom is 0.161 e. The molecule has 0 saturated carbocycles. The second-order valence-electron chi connectivity index (χ2n) is 16.1. The number of fused-ring (bicyclic) bond motifs is 5. The number of benzene rings is 8. The molecule has 2 heterocycles. The van der Waals surface area contributed by atoms with E-state index < -0.39 is 0 Å². The van der Waals surface area contributed by atoms with Crippen molar-refractivity contribution >= 4 is 21.5 Å². The van der Waals surface area contributed by atoms with Gasteiger partial charge in [-0.15, -0.1) is 0 Å². The molecule has 3 nitrogen and oxygen atoms in total. The van der Waals surface area contributed by atoms with E-state index in [4.69, 9.17) is 9.97 Å². The van der Waals surface area contributed by atoms with Crippen LogP contribution in [0.4, 0.5) is 0 Å². The van der Waals surface area contributed by atoms with Crippen molar-refractivity contribution in [1.82, 2.24) is 15.0 Å². The van der Waals surface area contributed by atoms with E-state index in [1.54, 1.807) is 6.20 Å². The third kappa shape index (κ3) is 6.02. The quantitative estimate of drug-likeness (QED) is 0.170. The molecule has 1 aliphatic carbocycles. The monoisotopic (exact) mass is 753 g/mol. The zero-order valence-electron chi connectivity index (χ0n) is 32.9. The van der Waals surface area contributed by atoms with Gasteiger partial charge in [0.25, 0.3) is 0 Å². The smallest absolute Gasteiger partial charge is 0.161 e. The molecular formula is C56H39N3. The number of nitrogens with zero attached hydrogens (tertiary/aromatic N) is 3. The summed E-state index contributed by atoms with van der Waals surface area (Å²) in [6, 6.07) is 67.6. The van der Waals surface area contributed by atoms with Gasteiger partial charge in [0.2, 0.25) is 0 Å². The molecule has 10 aromatic rings. The number of pyridine rings is 1. The van der Waals surface area contributed by atoms with Crippen molar-refractivity contribution < 1.29 is 0 Å². The molecule has 0 N–H and O–H groups in total. The van der Waals surface area contributed by atoms with Crippen molar-refractivity contribution in [1.29, 1.82) is 0 Å². The Morgan fingerprint density at radius 2 is 0.915 bits per heavy atom. The van der Waals surface area contributed by atoms with Gasteiger partial charge in [0.1, 0.15) is 0 Å². The van der Waals surface area contributed by atoms with E-state index in [-0.39, 0.29) is 5.41 Å². The second kappa shape index (κ2) is 13.9. The molecule has 59 heavy (non-hydrogen) atoms. The van der Waals surface area contributed by atoms with E-state index in [1.807, 2.05) is 18.3 Å². The van der Waals surface area contributed by atoms with Crippen LogP contribution >= 0.6 is 0 Å². The van der Waals surface area contributed by atoms with Gasteiger partial charge in [0, 0.05) is 34.5 Å². The largest absolute Gasteiger partial charge is 0.264 e. The molecule has 3 heteroatoms. The van der Waals surface area contributed by atoms with Gasteiger partial charge in [0.15, 0.2) is 5.82 Å². The van der Waals surface area contributed by atoms with Crippen LogP contribution in [0.2, 0.25) is 0 Å². The van der Waals surface area contributed by atoms with E-state index in [1.165, 1.54) is 55.3 Å². The number of hydrogen-bond acceptors (Lipinski definition) is 3. The summed E-state index contributed by atoms with van der Waals surface area (Å²) < 4.78 is 0. The predicted molar refractivity (Wildman–Crippen MR) is 245 cm³/mol. The summed E-state index contributed by atoms with van der Waals surface area (Å²) in [6.45, 7) is 4.73. The molecule has 0 aliphatic heterocycles. The Kier molecular flexibility index (Phi) is 8.16. The van der Waals surface area contributed by atoms with Gasteiger partial charge in [-0.25, -0.2) is 9.97 Å². The van der Waals surface area contributed by atoms with Crippen LogP contribution in [-0.2, 0) is 5.41 Å². The molecule has 1 aliphatic rings. The van der Waals surface area contributed by atoms with Crippen LogP contribution in [0.15, 0.2) is 200 Å². The summed E-state index contributed by atoms with van der Waals surface area (Å²) in [7, 11) is 0. The highest BCUT2D eigenvalue weighted by atomic mass is 14.9. The van der Waals surface area contributed by atoms with E-state index >= 15 is 0 Å². The first-order chi connectivity index (χ1) is 29.0. The number of rotatable bonds is 6. The summed E-state index contributed by atoms with van der Waals surface area (Å²) in [5.41, 5.74) is 17.2. The topological polar surface area (TPSA) is 38.7 Å². The van der Waals surface area contributed by atoms with Gasteiger partial charge < -0.3 is 0 Å². The van der Waals surface area contributed by atoms with Crippen LogP contribution in [0.1, 0.15) is 25.0 Å². The van der Waals surface area contributed by atoms with Crippen LogP contribution in [-0.4, -0.2) is 15.0 Å². The Morgan fingerprint density at radius 3 is 1.68 bits per heavy atom. The molecule has 0 fully saturated rings. The highest BCUT2D eigenvalue weighted by molar-refractivity contribution is 6.05. The van der Waals surface area contributed by atoms with Crippen molar-refractivity contribution in [3.63, 3.8) is 0 Å². The Labute approximate surface area is 344 Å². The fourth-order valence-corrected chi connectivity index (χ4v) is 9.05. The van der Waals surface area contributed by atoms with Crippen LogP contribution in [0.5, 0.6) is 0 Å². The highest BCUT2D eigenvalue weighted by Gasteiger charge is 2.36. The van der Waals surface area contributed by atoms with Crippen LogP contribution in [0, 0.1) is 0 Å². The van der Waals surface area contributed by atoms with Crippen LogP contribution < -0.4 is 0 Å². The SMILES string of the molecule is CC1(C)c2cc(-c3cccc(-c4ccc(-c5nc(-c6ccccc6)cc(-c6ccc(-c7cccnc7)cc6)n5)c5ccccc45)c3)ccc2-c2cc3ccccc3cc21. The average molecular weight is 754 g/mol. The van der Waals surface area contributed by atoms with Crippen molar-refractivity contribution in [2.75, 3.05) is 0 Å². The lowest BCUT2D eigenvalue weighted by Gasteiger charge is -2.22. The molecular weight excluding hydrogens is 715 g/mol. The molecule has 11 rings (SSSR count). The fraction of sp³-hybridized carbons (Fsp3) is 0.0536. The van der Waals surface area contributed by atoms with Crippen molar-refractivity contribution in [2.24, 2.45) is 0 Å². The highest BCUT2D eigenvalue weighted by Crippen LogP contribution is 2.51. The fourth-order valence-electron chi connectivity index (χ4n) is 9.05. The molecule has 2 aromatic heterocycles. The molecule has 8 aromatic carbocycles. The third-order valence-corrected chi connectivity index (χ3v) is 12.2. The third-order valence-electron chi connectivity index (χ3n) is 12.2. The van der Waals surface area contributed by atoms with E-state index in [9.17, 15) is 0 Å². The van der Waals surface area contributed by atoms with Gasteiger partial charge in [-0.2, -0.15) is 0 Å². The summed E-state index contributed by atoms with van der Waals surface area (Å²) in [6.07, 6.45) is 3.69. The molecule has 278 valence electrons. The Hall–Kier alpha value is -7.49. The Balaban J connectivity index is 0.989. The standard InChI is InChI=1S/C56H39N3/c1-56(2)51-33-42(25-26-48(51)50-31-40-14-6-7-15-41(40)32-52(50)56)39-16-10-17-43(30-39)45-27-28-49(47-20-9-8-19-46(45)47)55-58-53(37-12-4-3-5-13-37)34-54(59-55)38-23-21-36(22-24-38)44-18-11-29-57-35-44/h3-35H,1-2H3. The second-order valence-corrected chi connectivity index (χ2v) is 16.1. The first-order valence-electron chi connectivity index (χ1n) is 20.2. The Bertz CT molecular complexity index is 3220. The molecule has 0 atom stereocenters. The molecule has 0 spiro atoms. The summed E-state index contributed by atoms with van der Waals surface area (Å²) in [4.78, 5) is 14.8. The van der Waals surface area contributed by atoms with Gasteiger partial charge in [-0.3, -0.25) is 4.98 Å². The predicted octanol–water partition coefficient (Wildman–Crippen LogP) is 14.5. The van der Waals surface area contributed by atoms with Crippen molar-refractivity contribution in [2.45, 2.75) is 19.3 Å². The van der Waals surface area contributed by atoms with E-state index in [0.717, 1.165) is 50.0 Å². The summed E-state index contributed by atoms with van der Waals surface area (Å²) in [5, 5.41) is 4.85. The average Bonchev–Trinajstić information content (AvgIpc) is 3.52. The van der Waals surface area contributed by atoms with Gasteiger partial charge in [0.05, 0.1) is 11.4 Å². The lowest BCUT2D eigenvalue weighted by Crippen LogP contribution is -2.15.